The fraction of sp³-hybridized carbons (Fsp3) is 0.480. The van der Waals surface area contributed by atoms with Gasteiger partial charge in [0, 0.05) is 26.2 Å². The largest absolute Gasteiger partial charge is 0.507 e. The smallest absolute Gasteiger partial charge is 0.290 e. The van der Waals surface area contributed by atoms with E-state index in [1.54, 1.807) is 37.8 Å². The van der Waals surface area contributed by atoms with E-state index in [4.69, 9.17) is 4.74 Å². The average Bonchev–Trinajstić information content (AvgIpc) is 3.27. The number of benzene rings is 1. The minimum Gasteiger partial charge on any atom is -0.507 e. The zero-order valence-electron chi connectivity index (χ0n) is 20.1. The lowest BCUT2D eigenvalue weighted by molar-refractivity contribution is -0.129. The number of morpholine rings is 1. The molecule has 2 aliphatic rings. The number of carbonyl (C=O) groups is 2. The van der Waals surface area contributed by atoms with Gasteiger partial charge in [-0.15, -0.1) is 11.3 Å². The molecule has 1 unspecified atom stereocenters. The van der Waals surface area contributed by atoms with E-state index in [-0.39, 0.29) is 17.1 Å². The Bertz CT molecular complexity index is 1130. The van der Waals surface area contributed by atoms with Crippen molar-refractivity contribution in [3.05, 3.63) is 55.7 Å². The standard InChI is InChI=1S/C25H31N3O5S/c1-14-12-18(13-15(2)21(14)29)20-19(22(30)24-16(3)26-17(4)34-24)23(31)25(32)28(20)7-5-6-27-8-10-33-11-9-27/h12-13,20,29,31H,5-11H2,1-4H3. The van der Waals surface area contributed by atoms with E-state index in [0.29, 0.717) is 53.4 Å². The molecular formula is C25H31N3O5S. The Labute approximate surface area is 203 Å². The minimum absolute atomic E-state index is 0.0765. The second-order valence-electron chi connectivity index (χ2n) is 8.95. The Morgan fingerprint density at radius 3 is 2.35 bits per heavy atom. The summed E-state index contributed by atoms with van der Waals surface area (Å²) in [5, 5.41) is 21.9. The van der Waals surface area contributed by atoms with Crippen molar-refractivity contribution in [2.24, 2.45) is 0 Å². The summed E-state index contributed by atoms with van der Waals surface area (Å²) >= 11 is 1.26. The molecule has 34 heavy (non-hydrogen) atoms. The van der Waals surface area contributed by atoms with Crippen molar-refractivity contribution in [3.8, 4) is 5.75 Å². The molecule has 9 heteroatoms. The van der Waals surface area contributed by atoms with Gasteiger partial charge in [0.05, 0.1) is 40.4 Å². The Kier molecular flexibility index (Phi) is 7.06. The minimum atomic E-state index is -0.732. The quantitative estimate of drug-likeness (QED) is 0.580. The van der Waals surface area contributed by atoms with Crippen LogP contribution < -0.4 is 0 Å². The lowest BCUT2D eigenvalue weighted by atomic mass is 9.92. The molecule has 0 radical (unpaired) electrons. The molecule has 1 aromatic heterocycles. The zero-order chi connectivity index (χ0) is 24.6. The van der Waals surface area contributed by atoms with Crippen molar-refractivity contribution < 1.29 is 24.5 Å². The summed E-state index contributed by atoms with van der Waals surface area (Å²) < 4.78 is 5.40. The van der Waals surface area contributed by atoms with E-state index < -0.39 is 17.7 Å². The molecule has 0 aliphatic carbocycles. The van der Waals surface area contributed by atoms with E-state index >= 15 is 0 Å². The number of thiazole rings is 1. The molecule has 1 amide bonds. The molecule has 1 atom stereocenters. The van der Waals surface area contributed by atoms with Crippen LogP contribution in [0.4, 0.5) is 0 Å². The number of hydrogen-bond donors (Lipinski definition) is 2. The van der Waals surface area contributed by atoms with Crippen LogP contribution in [-0.4, -0.2) is 76.1 Å². The van der Waals surface area contributed by atoms with Gasteiger partial charge in [-0.2, -0.15) is 0 Å². The van der Waals surface area contributed by atoms with Gasteiger partial charge in [-0.25, -0.2) is 4.98 Å². The molecular weight excluding hydrogens is 454 g/mol. The molecule has 2 N–H and O–H groups in total. The van der Waals surface area contributed by atoms with Crippen LogP contribution in [0.3, 0.4) is 0 Å². The Morgan fingerprint density at radius 1 is 1.12 bits per heavy atom. The third-order valence-corrected chi connectivity index (χ3v) is 7.54. The van der Waals surface area contributed by atoms with Crippen molar-refractivity contribution in [2.45, 2.75) is 40.2 Å². The Hall–Kier alpha value is -2.75. The first-order valence-corrected chi connectivity index (χ1v) is 12.3. The number of carbonyl (C=O) groups excluding carboxylic acids is 2. The van der Waals surface area contributed by atoms with Gasteiger partial charge in [0.1, 0.15) is 5.75 Å². The predicted octanol–water partition coefficient (Wildman–Crippen LogP) is 3.38. The maximum Gasteiger partial charge on any atom is 0.290 e. The Morgan fingerprint density at radius 2 is 1.76 bits per heavy atom. The number of aliphatic hydroxyl groups excluding tert-OH is 1. The number of aliphatic hydroxyl groups is 1. The number of rotatable bonds is 7. The molecule has 2 aromatic rings. The first-order chi connectivity index (χ1) is 16.2. The molecule has 1 fully saturated rings. The van der Waals surface area contributed by atoms with E-state index in [1.807, 2.05) is 6.92 Å². The highest BCUT2D eigenvalue weighted by Gasteiger charge is 2.44. The third-order valence-electron chi connectivity index (χ3n) is 6.46. The SMILES string of the molecule is Cc1nc(C)c(C(=O)C2=C(O)C(=O)N(CCCN3CCOCC3)C2c2cc(C)c(O)c(C)c2)s1. The lowest BCUT2D eigenvalue weighted by Gasteiger charge is -2.30. The number of nitrogens with zero attached hydrogens (tertiary/aromatic N) is 3. The van der Waals surface area contributed by atoms with Crippen molar-refractivity contribution in [2.75, 3.05) is 39.4 Å². The van der Waals surface area contributed by atoms with E-state index in [9.17, 15) is 19.8 Å². The molecule has 0 bridgehead atoms. The summed E-state index contributed by atoms with van der Waals surface area (Å²) in [6.07, 6.45) is 0.700. The summed E-state index contributed by atoms with van der Waals surface area (Å²) in [4.78, 5) is 35.5. The van der Waals surface area contributed by atoms with Crippen LogP contribution in [0, 0.1) is 27.7 Å². The van der Waals surface area contributed by atoms with Crippen molar-refractivity contribution in [3.63, 3.8) is 0 Å². The maximum absolute atomic E-state index is 13.6. The van der Waals surface area contributed by atoms with Crippen LogP contribution in [0.15, 0.2) is 23.5 Å². The molecule has 2 aliphatic heterocycles. The summed E-state index contributed by atoms with van der Waals surface area (Å²) in [7, 11) is 0. The van der Waals surface area contributed by atoms with Gasteiger partial charge in [0.25, 0.3) is 5.91 Å². The monoisotopic (exact) mass is 485 g/mol. The molecule has 0 spiro atoms. The molecule has 4 rings (SSSR count). The van der Waals surface area contributed by atoms with Crippen LogP contribution in [0.25, 0.3) is 0 Å². The average molecular weight is 486 g/mol. The fourth-order valence-electron chi connectivity index (χ4n) is 4.76. The van der Waals surface area contributed by atoms with Crippen molar-refractivity contribution in [1.29, 1.82) is 0 Å². The van der Waals surface area contributed by atoms with Gasteiger partial charge in [0.2, 0.25) is 5.78 Å². The number of Topliss-reactive ketones (excluding diaryl/α,β-unsaturated/α-hetero) is 1. The Balaban J connectivity index is 1.69. The van der Waals surface area contributed by atoms with Gasteiger partial charge in [-0.05, 0) is 62.9 Å². The number of aromatic hydroxyl groups is 1. The van der Waals surface area contributed by atoms with Crippen LogP contribution >= 0.6 is 11.3 Å². The van der Waals surface area contributed by atoms with E-state index in [2.05, 4.69) is 9.88 Å². The summed E-state index contributed by atoms with van der Waals surface area (Å²) in [6, 6.07) is 2.84. The van der Waals surface area contributed by atoms with Crippen LogP contribution in [-0.2, 0) is 9.53 Å². The van der Waals surface area contributed by atoms with Crippen molar-refractivity contribution in [1.82, 2.24) is 14.8 Å². The highest BCUT2D eigenvalue weighted by atomic mass is 32.1. The number of phenols is 1. The van der Waals surface area contributed by atoms with Crippen molar-refractivity contribution >= 4 is 23.0 Å². The zero-order valence-corrected chi connectivity index (χ0v) is 20.9. The normalized spacial score (nSPS) is 19.4. The predicted molar refractivity (Wildman–Crippen MR) is 129 cm³/mol. The molecule has 0 saturated carbocycles. The molecule has 1 saturated heterocycles. The molecule has 3 heterocycles. The van der Waals surface area contributed by atoms with Crippen LogP contribution in [0.2, 0.25) is 0 Å². The van der Waals surface area contributed by atoms with Gasteiger partial charge in [0.15, 0.2) is 5.76 Å². The second kappa shape index (κ2) is 9.85. The second-order valence-corrected chi connectivity index (χ2v) is 10.2. The lowest BCUT2D eigenvalue weighted by Crippen LogP contribution is -2.39. The number of amides is 1. The molecule has 8 nitrogen and oxygen atoms in total. The highest BCUT2D eigenvalue weighted by Crippen LogP contribution is 2.41. The number of ketones is 1. The number of aromatic nitrogens is 1. The fourth-order valence-corrected chi connectivity index (χ4v) is 5.64. The summed E-state index contributed by atoms with van der Waals surface area (Å²) in [5.41, 5.74) is 2.66. The van der Waals surface area contributed by atoms with Gasteiger partial charge >= 0.3 is 0 Å². The van der Waals surface area contributed by atoms with Gasteiger partial charge in [-0.3, -0.25) is 14.5 Å². The number of hydrogen-bond acceptors (Lipinski definition) is 8. The van der Waals surface area contributed by atoms with Crippen LogP contribution in [0.1, 0.15) is 49.5 Å². The first kappa shape index (κ1) is 24.4. The first-order valence-electron chi connectivity index (χ1n) is 11.5. The van der Waals surface area contributed by atoms with Gasteiger partial charge < -0.3 is 19.8 Å². The van der Waals surface area contributed by atoms with E-state index in [1.165, 1.54) is 11.3 Å². The summed E-state index contributed by atoms with van der Waals surface area (Å²) in [5.74, 6) is -1.24. The highest BCUT2D eigenvalue weighted by molar-refractivity contribution is 7.14. The summed E-state index contributed by atoms with van der Waals surface area (Å²) in [6.45, 7) is 11.4. The number of ether oxygens (including phenoxy) is 1. The maximum atomic E-state index is 13.6. The number of phenolic OH excluding ortho intramolecular Hbond substituents is 1. The molecule has 182 valence electrons. The van der Waals surface area contributed by atoms with E-state index in [0.717, 1.165) is 24.6 Å². The topological polar surface area (TPSA) is 103 Å². The van der Waals surface area contributed by atoms with Crippen LogP contribution in [0.5, 0.6) is 5.75 Å². The third kappa shape index (κ3) is 4.60. The molecule has 1 aromatic carbocycles. The van der Waals surface area contributed by atoms with Gasteiger partial charge in [-0.1, -0.05) is 0 Å². The number of aryl methyl sites for hydroxylation is 4.